The minimum atomic E-state index is -0.177. The van der Waals surface area contributed by atoms with E-state index in [4.69, 9.17) is 15.2 Å². The van der Waals surface area contributed by atoms with E-state index >= 15 is 0 Å². The van der Waals surface area contributed by atoms with Crippen LogP contribution in [0.5, 0.6) is 11.5 Å². The van der Waals surface area contributed by atoms with Crippen molar-refractivity contribution in [2.45, 2.75) is 26.2 Å². The van der Waals surface area contributed by atoms with Crippen molar-refractivity contribution in [3.8, 4) is 11.5 Å². The maximum absolute atomic E-state index is 12.3. The van der Waals surface area contributed by atoms with Crippen LogP contribution in [0.1, 0.15) is 36.5 Å². The molecule has 1 saturated carbocycles. The highest BCUT2D eigenvalue weighted by molar-refractivity contribution is 6.00. The third-order valence-electron chi connectivity index (χ3n) is 4.17. The van der Waals surface area contributed by atoms with Gasteiger partial charge in [0.25, 0.3) is 5.91 Å². The second-order valence-electron chi connectivity index (χ2n) is 5.79. The second-order valence-corrected chi connectivity index (χ2v) is 5.79. The fraction of sp³-hybridized carbons (Fsp3) is 0.562. The predicted octanol–water partition coefficient (Wildman–Crippen LogP) is 2.45. The fourth-order valence-corrected chi connectivity index (χ4v) is 2.92. The number of methoxy groups -OCH3 is 2. The zero-order valence-electron chi connectivity index (χ0n) is 12.9. The van der Waals surface area contributed by atoms with E-state index in [1.807, 2.05) is 0 Å². The van der Waals surface area contributed by atoms with E-state index in [1.54, 1.807) is 19.2 Å². The first kappa shape index (κ1) is 15.5. The van der Waals surface area contributed by atoms with Gasteiger partial charge in [0, 0.05) is 12.6 Å². The molecule has 0 bridgehead atoms. The standard InChI is InChI=1S/C16H24N2O3/c1-10-4-5-11(6-10)9-18-16(19)13-7-12(20-2)8-14(21-3)15(13)17/h7-8,10-11H,4-6,9,17H2,1-3H3,(H,18,19). The quantitative estimate of drug-likeness (QED) is 0.818. The topological polar surface area (TPSA) is 73.6 Å². The van der Waals surface area contributed by atoms with Gasteiger partial charge in [-0.1, -0.05) is 13.3 Å². The molecule has 1 aromatic rings. The molecule has 0 heterocycles. The van der Waals surface area contributed by atoms with E-state index in [0.717, 1.165) is 5.92 Å². The summed E-state index contributed by atoms with van der Waals surface area (Å²) in [6.45, 7) is 2.95. The van der Waals surface area contributed by atoms with Crippen molar-refractivity contribution in [3.05, 3.63) is 17.7 Å². The summed E-state index contributed by atoms with van der Waals surface area (Å²) in [6.07, 6.45) is 3.60. The minimum Gasteiger partial charge on any atom is -0.497 e. The summed E-state index contributed by atoms with van der Waals surface area (Å²) in [5.74, 6) is 2.16. The number of amides is 1. The van der Waals surface area contributed by atoms with Crippen molar-refractivity contribution in [1.29, 1.82) is 0 Å². The van der Waals surface area contributed by atoms with E-state index in [9.17, 15) is 4.79 Å². The molecule has 1 amide bonds. The average Bonchev–Trinajstić information content (AvgIpc) is 2.90. The molecule has 3 N–H and O–H groups in total. The van der Waals surface area contributed by atoms with Gasteiger partial charge in [-0.3, -0.25) is 4.79 Å². The van der Waals surface area contributed by atoms with Gasteiger partial charge in [-0.05, 0) is 30.7 Å². The maximum Gasteiger partial charge on any atom is 0.253 e. The number of rotatable bonds is 5. The van der Waals surface area contributed by atoms with Crippen LogP contribution in [0.4, 0.5) is 5.69 Å². The van der Waals surface area contributed by atoms with Crippen molar-refractivity contribution in [3.63, 3.8) is 0 Å². The molecule has 0 aliphatic heterocycles. The Morgan fingerprint density at radius 1 is 1.33 bits per heavy atom. The summed E-state index contributed by atoms with van der Waals surface area (Å²) in [7, 11) is 3.07. The molecule has 1 fully saturated rings. The molecule has 5 nitrogen and oxygen atoms in total. The first-order valence-electron chi connectivity index (χ1n) is 7.34. The average molecular weight is 292 g/mol. The Hall–Kier alpha value is -1.91. The highest BCUT2D eigenvalue weighted by Gasteiger charge is 2.22. The van der Waals surface area contributed by atoms with Gasteiger partial charge in [0.05, 0.1) is 25.5 Å². The molecule has 0 radical (unpaired) electrons. The van der Waals surface area contributed by atoms with Crippen LogP contribution in [0.2, 0.25) is 0 Å². The minimum absolute atomic E-state index is 0.177. The van der Waals surface area contributed by atoms with E-state index in [2.05, 4.69) is 12.2 Å². The van der Waals surface area contributed by atoms with E-state index in [0.29, 0.717) is 35.2 Å². The van der Waals surface area contributed by atoms with Crippen LogP contribution in [-0.4, -0.2) is 26.7 Å². The maximum atomic E-state index is 12.3. The molecule has 21 heavy (non-hydrogen) atoms. The van der Waals surface area contributed by atoms with Crippen LogP contribution in [0.3, 0.4) is 0 Å². The number of nitrogens with two attached hydrogens (primary N) is 1. The third kappa shape index (κ3) is 3.60. The Morgan fingerprint density at radius 3 is 2.67 bits per heavy atom. The van der Waals surface area contributed by atoms with Crippen LogP contribution in [0.15, 0.2) is 12.1 Å². The third-order valence-corrected chi connectivity index (χ3v) is 4.17. The number of nitrogens with one attached hydrogen (secondary N) is 1. The highest BCUT2D eigenvalue weighted by atomic mass is 16.5. The summed E-state index contributed by atoms with van der Waals surface area (Å²) in [5, 5.41) is 2.97. The van der Waals surface area contributed by atoms with Gasteiger partial charge in [0.15, 0.2) is 0 Å². The van der Waals surface area contributed by atoms with Gasteiger partial charge < -0.3 is 20.5 Å². The van der Waals surface area contributed by atoms with Crippen molar-refractivity contribution >= 4 is 11.6 Å². The zero-order chi connectivity index (χ0) is 15.4. The number of carbonyl (C=O) groups is 1. The number of nitrogen functional groups attached to an aromatic ring is 1. The lowest BCUT2D eigenvalue weighted by Crippen LogP contribution is -2.29. The lowest BCUT2D eigenvalue weighted by atomic mass is 10.1. The smallest absolute Gasteiger partial charge is 0.253 e. The molecule has 1 aliphatic carbocycles. The number of hydrogen-bond acceptors (Lipinski definition) is 4. The summed E-state index contributed by atoms with van der Waals surface area (Å²) >= 11 is 0. The Labute approximate surface area is 125 Å². The van der Waals surface area contributed by atoms with Gasteiger partial charge in [-0.25, -0.2) is 0 Å². The van der Waals surface area contributed by atoms with Gasteiger partial charge in [0.1, 0.15) is 11.5 Å². The largest absolute Gasteiger partial charge is 0.497 e. The second kappa shape index (κ2) is 6.70. The van der Waals surface area contributed by atoms with Crippen LogP contribution < -0.4 is 20.5 Å². The van der Waals surface area contributed by atoms with Crippen LogP contribution >= 0.6 is 0 Å². The number of carbonyl (C=O) groups excluding carboxylic acids is 1. The van der Waals surface area contributed by atoms with Crippen molar-refractivity contribution in [1.82, 2.24) is 5.32 Å². The van der Waals surface area contributed by atoms with Crippen LogP contribution in [-0.2, 0) is 0 Å². The molecule has 2 rings (SSSR count). The van der Waals surface area contributed by atoms with Gasteiger partial charge >= 0.3 is 0 Å². The summed E-state index contributed by atoms with van der Waals surface area (Å²) in [6, 6.07) is 3.31. The summed E-state index contributed by atoms with van der Waals surface area (Å²) in [4.78, 5) is 12.3. The highest BCUT2D eigenvalue weighted by Crippen LogP contribution is 2.32. The Kier molecular flexibility index (Phi) is 4.94. The van der Waals surface area contributed by atoms with Crippen molar-refractivity contribution < 1.29 is 14.3 Å². The summed E-state index contributed by atoms with van der Waals surface area (Å²) < 4.78 is 10.4. The molecule has 1 aromatic carbocycles. The normalized spacial score (nSPS) is 21.1. The summed E-state index contributed by atoms with van der Waals surface area (Å²) in [5.41, 5.74) is 6.73. The molecule has 0 saturated heterocycles. The van der Waals surface area contributed by atoms with Gasteiger partial charge in [-0.15, -0.1) is 0 Å². The Bertz CT molecular complexity index is 516. The molecule has 1 aliphatic rings. The van der Waals surface area contributed by atoms with E-state index in [-0.39, 0.29) is 5.91 Å². The lowest BCUT2D eigenvalue weighted by Gasteiger charge is -2.15. The molecule has 116 valence electrons. The van der Waals surface area contributed by atoms with E-state index in [1.165, 1.54) is 26.4 Å². The van der Waals surface area contributed by atoms with E-state index < -0.39 is 0 Å². The zero-order valence-corrected chi connectivity index (χ0v) is 12.9. The molecule has 0 aromatic heterocycles. The molecule has 5 heteroatoms. The van der Waals surface area contributed by atoms with Gasteiger partial charge in [-0.2, -0.15) is 0 Å². The molecular weight excluding hydrogens is 268 g/mol. The monoisotopic (exact) mass is 292 g/mol. The number of hydrogen-bond donors (Lipinski definition) is 2. The lowest BCUT2D eigenvalue weighted by molar-refractivity contribution is 0.0947. The van der Waals surface area contributed by atoms with Gasteiger partial charge in [0.2, 0.25) is 0 Å². The van der Waals surface area contributed by atoms with Crippen LogP contribution in [0.25, 0.3) is 0 Å². The molecule has 0 spiro atoms. The molecular formula is C16H24N2O3. The Balaban J connectivity index is 2.07. The Morgan fingerprint density at radius 2 is 2.10 bits per heavy atom. The first-order valence-corrected chi connectivity index (χ1v) is 7.34. The number of anilines is 1. The SMILES string of the molecule is COc1cc(OC)c(N)c(C(=O)NCC2CCC(C)C2)c1. The van der Waals surface area contributed by atoms with Crippen LogP contribution in [0, 0.1) is 11.8 Å². The first-order chi connectivity index (χ1) is 10.0. The number of ether oxygens (including phenoxy) is 2. The fourth-order valence-electron chi connectivity index (χ4n) is 2.92. The number of benzene rings is 1. The molecule has 2 atom stereocenters. The van der Waals surface area contributed by atoms with Crippen molar-refractivity contribution in [2.75, 3.05) is 26.5 Å². The predicted molar refractivity (Wildman–Crippen MR) is 82.8 cm³/mol. The molecule has 2 unspecified atom stereocenters. The van der Waals surface area contributed by atoms with Crippen molar-refractivity contribution in [2.24, 2.45) is 11.8 Å².